The normalized spacial score (nSPS) is 29.4. The number of carbonyl (C=O) groups excluding carboxylic acids is 2. The molecule has 0 aromatic heterocycles. The molecule has 2 rings (SSSR count). The van der Waals surface area contributed by atoms with Crippen LogP contribution in [-0.2, 0) is 9.59 Å². The first-order valence-electron chi connectivity index (χ1n) is 6.18. The van der Waals surface area contributed by atoms with E-state index in [4.69, 9.17) is 0 Å². The average molecular weight is 224 g/mol. The Morgan fingerprint density at radius 1 is 1.38 bits per heavy atom. The molecule has 16 heavy (non-hydrogen) atoms. The Bertz CT molecular complexity index is 308. The van der Waals surface area contributed by atoms with Gasteiger partial charge in [0, 0.05) is 5.54 Å². The molecule has 2 amide bonds. The van der Waals surface area contributed by atoms with Crippen molar-refractivity contribution in [2.75, 3.05) is 6.54 Å². The molecule has 1 saturated heterocycles. The van der Waals surface area contributed by atoms with Crippen LogP contribution in [0.1, 0.15) is 46.0 Å². The minimum absolute atomic E-state index is 0.0143. The van der Waals surface area contributed by atoms with E-state index < -0.39 is 0 Å². The minimum atomic E-state index is -0.307. The van der Waals surface area contributed by atoms with Crippen LogP contribution in [0, 0.1) is 0 Å². The lowest BCUT2D eigenvalue weighted by molar-refractivity contribution is -0.150. The molecule has 0 spiro atoms. The van der Waals surface area contributed by atoms with Crippen molar-refractivity contribution in [3.8, 4) is 0 Å². The zero-order valence-corrected chi connectivity index (χ0v) is 10.1. The van der Waals surface area contributed by atoms with Crippen LogP contribution < -0.4 is 5.32 Å². The summed E-state index contributed by atoms with van der Waals surface area (Å²) in [4.78, 5) is 25.6. The second-order valence-electron chi connectivity index (χ2n) is 5.16. The number of rotatable bonds is 2. The molecule has 1 atom stereocenters. The summed E-state index contributed by atoms with van der Waals surface area (Å²) >= 11 is 0. The third-order valence-corrected chi connectivity index (χ3v) is 3.94. The fourth-order valence-electron chi connectivity index (χ4n) is 2.85. The fourth-order valence-corrected chi connectivity index (χ4v) is 2.85. The van der Waals surface area contributed by atoms with Gasteiger partial charge < -0.3 is 10.2 Å². The summed E-state index contributed by atoms with van der Waals surface area (Å²) in [5.41, 5.74) is -0.0811. The van der Waals surface area contributed by atoms with Crippen molar-refractivity contribution in [1.29, 1.82) is 0 Å². The molecule has 1 heterocycles. The van der Waals surface area contributed by atoms with Crippen LogP contribution in [0.25, 0.3) is 0 Å². The summed E-state index contributed by atoms with van der Waals surface area (Å²) in [5, 5.41) is 2.76. The molecule has 0 aromatic rings. The van der Waals surface area contributed by atoms with Crippen LogP contribution in [0.5, 0.6) is 0 Å². The molecule has 0 aromatic carbocycles. The SMILES string of the molecule is CCC1NC(=O)CN(C2(C)CCCC2)C1=O. The summed E-state index contributed by atoms with van der Waals surface area (Å²) < 4.78 is 0. The highest BCUT2D eigenvalue weighted by Crippen LogP contribution is 2.35. The van der Waals surface area contributed by atoms with Gasteiger partial charge >= 0.3 is 0 Å². The molecule has 2 aliphatic rings. The van der Waals surface area contributed by atoms with Gasteiger partial charge in [0.15, 0.2) is 0 Å². The molecule has 90 valence electrons. The van der Waals surface area contributed by atoms with Gasteiger partial charge in [0.25, 0.3) is 0 Å². The highest BCUT2D eigenvalue weighted by atomic mass is 16.2. The molecule has 2 fully saturated rings. The first-order chi connectivity index (χ1) is 7.57. The van der Waals surface area contributed by atoms with Gasteiger partial charge in [-0.3, -0.25) is 9.59 Å². The quantitative estimate of drug-likeness (QED) is 0.762. The molecule has 1 saturated carbocycles. The Labute approximate surface area is 96.4 Å². The Hall–Kier alpha value is -1.06. The van der Waals surface area contributed by atoms with Gasteiger partial charge in [-0.25, -0.2) is 0 Å². The summed E-state index contributed by atoms with van der Waals surface area (Å²) in [7, 11) is 0. The van der Waals surface area contributed by atoms with Crippen LogP contribution in [0.4, 0.5) is 0 Å². The molecular weight excluding hydrogens is 204 g/mol. The van der Waals surface area contributed by atoms with Crippen LogP contribution in [0.15, 0.2) is 0 Å². The molecule has 1 unspecified atom stereocenters. The second kappa shape index (κ2) is 4.07. The second-order valence-corrected chi connectivity index (χ2v) is 5.16. The maximum Gasteiger partial charge on any atom is 0.246 e. The maximum absolute atomic E-state index is 12.2. The molecule has 1 N–H and O–H groups in total. The Morgan fingerprint density at radius 2 is 2.00 bits per heavy atom. The molecule has 1 aliphatic heterocycles. The molecule has 0 radical (unpaired) electrons. The van der Waals surface area contributed by atoms with Crippen LogP contribution in [0.2, 0.25) is 0 Å². The third kappa shape index (κ3) is 1.81. The van der Waals surface area contributed by atoms with E-state index in [9.17, 15) is 9.59 Å². The van der Waals surface area contributed by atoms with Crippen molar-refractivity contribution in [2.24, 2.45) is 0 Å². The highest BCUT2D eigenvalue weighted by molar-refractivity contribution is 5.95. The van der Waals surface area contributed by atoms with Crippen molar-refractivity contribution >= 4 is 11.8 Å². The van der Waals surface area contributed by atoms with Gasteiger partial charge in [-0.05, 0) is 26.2 Å². The first kappa shape index (κ1) is 11.4. The van der Waals surface area contributed by atoms with Gasteiger partial charge in [0.05, 0.1) is 0 Å². The number of hydrogen-bond acceptors (Lipinski definition) is 2. The van der Waals surface area contributed by atoms with Gasteiger partial charge in [-0.15, -0.1) is 0 Å². The van der Waals surface area contributed by atoms with E-state index in [1.807, 2.05) is 11.8 Å². The van der Waals surface area contributed by atoms with Crippen molar-refractivity contribution in [3.63, 3.8) is 0 Å². The number of hydrogen-bond donors (Lipinski definition) is 1. The van der Waals surface area contributed by atoms with E-state index in [0.29, 0.717) is 6.42 Å². The molecule has 0 bridgehead atoms. The van der Waals surface area contributed by atoms with E-state index in [1.165, 1.54) is 12.8 Å². The Morgan fingerprint density at radius 3 is 2.56 bits per heavy atom. The van der Waals surface area contributed by atoms with E-state index in [0.717, 1.165) is 12.8 Å². The van der Waals surface area contributed by atoms with E-state index in [-0.39, 0.29) is 29.9 Å². The summed E-state index contributed by atoms with van der Waals surface area (Å²) in [6, 6.07) is -0.307. The molecule has 1 aliphatic carbocycles. The van der Waals surface area contributed by atoms with Crippen molar-refractivity contribution < 1.29 is 9.59 Å². The van der Waals surface area contributed by atoms with E-state index >= 15 is 0 Å². The number of nitrogens with one attached hydrogen (secondary N) is 1. The largest absolute Gasteiger partial charge is 0.343 e. The zero-order valence-electron chi connectivity index (χ0n) is 10.1. The summed E-state index contributed by atoms with van der Waals surface area (Å²) in [6.45, 7) is 4.29. The Kier molecular flexibility index (Phi) is 2.91. The standard InChI is InChI=1S/C12H20N2O2/c1-3-9-11(16)14(8-10(15)13-9)12(2)6-4-5-7-12/h9H,3-8H2,1-2H3,(H,13,15). The monoisotopic (exact) mass is 224 g/mol. The van der Waals surface area contributed by atoms with E-state index in [1.54, 1.807) is 0 Å². The summed E-state index contributed by atoms with van der Waals surface area (Å²) in [6.07, 6.45) is 5.07. The van der Waals surface area contributed by atoms with Crippen molar-refractivity contribution in [1.82, 2.24) is 10.2 Å². The van der Waals surface area contributed by atoms with Gasteiger partial charge in [0.2, 0.25) is 11.8 Å². The molecular formula is C12H20N2O2. The predicted octanol–water partition coefficient (Wildman–Crippen LogP) is 1.06. The lowest BCUT2D eigenvalue weighted by atomic mass is 9.95. The van der Waals surface area contributed by atoms with Crippen molar-refractivity contribution in [2.45, 2.75) is 57.5 Å². The number of amides is 2. The average Bonchev–Trinajstić information content (AvgIpc) is 2.69. The maximum atomic E-state index is 12.2. The number of nitrogens with zero attached hydrogens (tertiary/aromatic N) is 1. The predicted molar refractivity (Wildman–Crippen MR) is 60.8 cm³/mol. The van der Waals surface area contributed by atoms with E-state index in [2.05, 4.69) is 12.2 Å². The van der Waals surface area contributed by atoms with Crippen LogP contribution in [0.3, 0.4) is 0 Å². The smallest absolute Gasteiger partial charge is 0.246 e. The number of piperazine rings is 1. The Balaban J connectivity index is 2.19. The van der Waals surface area contributed by atoms with Crippen LogP contribution >= 0.6 is 0 Å². The fraction of sp³-hybridized carbons (Fsp3) is 0.833. The van der Waals surface area contributed by atoms with Crippen LogP contribution in [-0.4, -0.2) is 34.8 Å². The third-order valence-electron chi connectivity index (χ3n) is 3.94. The molecule has 4 heteroatoms. The first-order valence-corrected chi connectivity index (χ1v) is 6.18. The van der Waals surface area contributed by atoms with Crippen molar-refractivity contribution in [3.05, 3.63) is 0 Å². The minimum Gasteiger partial charge on any atom is -0.343 e. The molecule has 4 nitrogen and oxygen atoms in total. The lowest BCUT2D eigenvalue weighted by Crippen LogP contribution is -2.63. The van der Waals surface area contributed by atoms with Gasteiger partial charge in [0.1, 0.15) is 12.6 Å². The topological polar surface area (TPSA) is 49.4 Å². The zero-order chi connectivity index (χ0) is 11.8. The summed E-state index contributed by atoms with van der Waals surface area (Å²) in [5.74, 6) is 0.0890. The highest BCUT2D eigenvalue weighted by Gasteiger charge is 2.43. The lowest BCUT2D eigenvalue weighted by Gasteiger charge is -2.43. The van der Waals surface area contributed by atoms with Gasteiger partial charge in [-0.1, -0.05) is 19.8 Å². The van der Waals surface area contributed by atoms with Gasteiger partial charge in [-0.2, -0.15) is 0 Å². The number of carbonyl (C=O) groups is 2.